The van der Waals surface area contributed by atoms with Gasteiger partial charge < -0.3 is 9.84 Å². The van der Waals surface area contributed by atoms with Crippen molar-refractivity contribution in [1.29, 1.82) is 0 Å². The van der Waals surface area contributed by atoms with Crippen molar-refractivity contribution in [1.82, 2.24) is 0 Å². The van der Waals surface area contributed by atoms with Gasteiger partial charge in [-0.15, -0.1) is 0 Å². The Balaban J connectivity index is 4.06. The monoisotopic (exact) mass is 216 g/mol. The Morgan fingerprint density at radius 3 is 2.13 bits per heavy atom. The number of hydrogen-bond acceptors (Lipinski definition) is 2. The summed E-state index contributed by atoms with van der Waals surface area (Å²) in [6.07, 6.45) is 2.92. The number of ether oxygens (including phenoxy) is 1. The van der Waals surface area contributed by atoms with Crippen LogP contribution in [0.5, 0.6) is 0 Å². The van der Waals surface area contributed by atoms with Gasteiger partial charge in [-0.2, -0.15) is 0 Å². The molecule has 3 atom stereocenters. The zero-order valence-corrected chi connectivity index (χ0v) is 11.0. The molecule has 3 unspecified atom stereocenters. The third kappa shape index (κ3) is 6.16. The third-order valence-electron chi connectivity index (χ3n) is 2.82. The van der Waals surface area contributed by atoms with Gasteiger partial charge >= 0.3 is 0 Å². The molecule has 2 nitrogen and oxygen atoms in total. The zero-order chi connectivity index (χ0) is 11.8. The molecule has 0 aliphatic carbocycles. The minimum Gasteiger partial charge on any atom is -0.390 e. The van der Waals surface area contributed by atoms with Crippen molar-refractivity contribution in [3.05, 3.63) is 0 Å². The molecular weight excluding hydrogens is 188 g/mol. The minimum atomic E-state index is -0.313. The van der Waals surface area contributed by atoms with Crippen LogP contribution in [0.25, 0.3) is 0 Å². The zero-order valence-electron chi connectivity index (χ0n) is 11.0. The smallest absolute Gasteiger partial charge is 0.0856 e. The average molecular weight is 216 g/mol. The summed E-state index contributed by atoms with van der Waals surface area (Å²) in [5.41, 5.74) is 0. The summed E-state index contributed by atoms with van der Waals surface area (Å²) in [7, 11) is 0. The van der Waals surface area contributed by atoms with Crippen LogP contribution in [-0.4, -0.2) is 23.9 Å². The SMILES string of the molecule is CCCC(C)CC(O)C(OCC)C(C)C. The second kappa shape index (κ2) is 8.12. The highest BCUT2D eigenvalue weighted by atomic mass is 16.5. The Labute approximate surface area is 95.0 Å². The van der Waals surface area contributed by atoms with Crippen molar-refractivity contribution in [2.24, 2.45) is 11.8 Å². The lowest BCUT2D eigenvalue weighted by Gasteiger charge is -2.28. The highest BCUT2D eigenvalue weighted by Gasteiger charge is 2.24. The number of aliphatic hydroxyl groups is 1. The van der Waals surface area contributed by atoms with Gasteiger partial charge in [0.2, 0.25) is 0 Å². The second-order valence-electron chi connectivity index (χ2n) is 4.86. The summed E-state index contributed by atoms with van der Waals surface area (Å²) < 4.78 is 5.59. The molecule has 1 N–H and O–H groups in total. The standard InChI is InChI=1S/C13H28O2/c1-6-8-11(5)9-12(14)13(10(3)4)15-7-2/h10-14H,6-9H2,1-5H3. The maximum atomic E-state index is 10.1. The Hall–Kier alpha value is -0.0800. The molecule has 0 saturated heterocycles. The number of rotatable bonds is 8. The first-order valence-electron chi connectivity index (χ1n) is 6.32. The summed E-state index contributed by atoms with van der Waals surface area (Å²) in [5.74, 6) is 0.973. The molecule has 0 saturated carbocycles. The highest BCUT2D eigenvalue weighted by Crippen LogP contribution is 2.20. The molecular formula is C13H28O2. The highest BCUT2D eigenvalue weighted by molar-refractivity contribution is 4.74. The minimum absolute atomic E-state index is 0.00527. The molecule has 0 aromatic rings. The molecule has 0 radical (unpaired) electrons. The lowest BCUT2D eigenvalue weighted by Crippen LogP contribution is -2.35. The molecule has 92 valence electrons. The molecule has 0 heterocycles. The Kier molecular flexibility index (Phi) is 8.07. The van der Waals surface area contributed by atoms with Crippen LogP contribution in [0.4, 0.5) is 0 Å². The Morgan fingerprint density at radius 1 is 1.13 bits per heavy atom. The van der Waals surface area contributed by atoms with Gasteiger partial charge in [0.15, 0.2) is 0 Å². The van der Waals surface area contributed by atoms with Gasteiger partial charge in [0.05, 0.1) is 12.2 Å². The Morgan fingerprint density at radius 2 is 1.73 bits per heavy atom. The molecule has 0 aromatic carbocycles. The normalized spacial score (nSPS) is 17.8. The van der Waals surface area contributed by atoms with Gasteiger partial charge in [-0.3, -0.25) is 0 Å². The van der Waals surface area contributed by atoms with Crippen LogP contribution in [0.1, 0.15) is 53.9 Å². The van der Waals surface area contributed by atoms with Crippen molar-refractivity contribution in [3.8, 4) is 0 Å². The maximum Gasteiger partial charge on any atom is 0.0856 e. The molecule has 0 amide bonds. The third-order valence-corrected chi connectivity index (χ3v) is 2.82. The molecule has 2 heteroatoms. The number of aliphatic hydroxyl groups excluding tert-OH is 1. The van der Waals surface area contributed by atoms with Crippen molar-refractivity contribution < 1.29 is 9.84 Å². The fourth-order valence-electron chi connectivity index (χ4n) is 2.10. The van der Waals surface area contributed by atoms with E-state index in [1.165, 1.54) is 12.8 Å². The lowest BCUT2D eigenvalue weighted by molar-refractivity contribution is -0.0645. The predicted molar refractivity (Wildman–Crippen MR) is 64.9 cm³/mol. The van der Waals surface area contributed by atoms with Gasteiger partial charge in [-0.1, -0.05) is 40.5 Å². The van der Waals surface area contributed by atoms with Crippen LogP contribution in [0.2, 0.25) is 0 Å². The van der Waals surface area contributed by atoms with Crippen molar-refractivity contribution in [3.63, 3.8) is 0 Å². The predicted octanol–water partition coefficient (Wildman–Crippen LogP) is 3.23. The van der Waals surface area contributed by atoms with E-state index in [0.29, 0.717) is 18.4 Å². The van der Waals surface area contributed by atoms with E-state index in [1.807, 2.05) is 6.92 Å². The van der Waals surface area contributed by atoms with Crippen molar-refractivity contribution in [2.75, 3.05) is 6.61 Å². The van der Waals surface area contributed by atoms with Gasteiger partial charge in [0.25, 0.3) is 0 Å². The van der Waals surface area contributed by atoms with Crippen LogP contribution in [0, 0.1) is 11.8 Å². The molecule has 0 bridgehead atoms. The molecule has 0 rings (SSSR count). The van der Waals surface area contributed by atoms with E-state index < -0.39 is 0 Å². The van der Waals surface area contributed by atoms with Crippen molar-refractivity contribution in [2.45, 2.75) is 66.1 Å². The largest absolute Gasteiger partial charge is 0.390 e. The van der Waals surface area contributed by atoms with Gasteiger partial charge in [0, 0.05) is 6.61 Å². The topological polar surface area (TPSA) is 29.5 Å². The quantitative estimate of drug-likeness (QED) is 0.675. The maximum absolute atomic E-state index is 10.1. The summed E-state index contributed by atoms with van der Waals surface area (Å²) in [4.78, 5) is 0. The van der Waals surface area contributed by atoms with Crippen LogP contribution in [-0.2, 0) is 4.74 Å². The van der Waals surface area contributed by atoms with E-state index in [-0.39, 0.29) is 12.2 Å². The summed E-state index contributed by atoms with van der Waals surface area (Å²) >= 11 is 0. The van der Waals surface area contributed by atoms with E-state index in [2.05, 4.69) is 27.7 Å². The van der Waals surface area contributed by atoms with E-state index in [1.54, 1.807) is 0 Å². The molecule has 0 aliphatic rings. The summed E-state index contributed by atoms with van der Waals surface area (Å²) in [6, 6.07) is 0. The first-order valence-corrected chi connectivity index (χ1v) is 6.32. The molecule has 0 aliphatic heterocycles. The molecule has 0 aromatic heterocycles. The van der Waals surface area contributed by atoms with Gasteiger partial charge in [-0.05, 0) is 25.2 Å². The summed E-state index contributed by atoms with van der Waals surface area (Å²) in [6.45, 7) is 11.3. The molecule has 0 fully saturated rings. The van der Waals surface area contributed by atoms with Crippen LogP contribution >= 0.6 is 0 Å². The first-order chi connectivity index (χ1) is 7.02. The van der Waals surface area contributed by atoms with E-state index in [9.17, 15) is 5.11 Å². The van der Waals surface area contributed by atoms with E-state index in [0.717, 1.165) is 6.42 Å². The summed E-state index contributed by atoms with van der Waals surface area (Å²) in [5, 5.41) is 10.1. The van der Waals surface area contributed by atoms with Crippen LogP contribution in [0.15, 0.2) is 0 Å². The van der Waals surface area contributed by atoms with E-state index in [4.69, 9.17) is 4.74 Å². The average Bonchev–Trinajstić information content (AvgIpc) is 2.13. The fourth-order valence-corrected chi connectivity index (χ4v) is 2.10. The lowest BCUT2D eigenvalue weighted by atomic mass is 9.92. The van der Waals surface area contributed by atoms with Gasteiger partial charge in [-0.25, -0.2) is 0 Å². The second-order valence-corrected chi connectivity index (χ2v) is 4.86. The Bertz CT molecular complexity index is 145. The van der Waals surface area contributed by atoms with Gasteiger partial charge in [0.1, 0.15) is 0 Å². The fraction of sp³-hybridized carbons (Fsp3) is 1.00. The molecule has 0 spiro atoms. The number of hydrogen-bond donors (Lipinski definition) is 1. The first kappa shape index (κ1) is 14.9. The van der Waals surface area contributed by atoms with E-state index >= 15 is 0 Å². The molecule has 15 heavy (non-hydrogen) atoms. The van der Waals surface area contributed by atoms with Crippen molar-refractivity contribution >= 4 is 0 Å². The van der Waals surface area contributed by atoms with Crippen LogP contribution in [0.3, 0.4) is 0 Å². The van der Waals surface area contributed by atoms with Crippen LogP contribution < -0.4 is 0 Å².